The smallest absolute Gasteiger partial charge is 0.242 e. The lowest BCUT2D eigenvalue weighted by molar-refractivity contribution is 0.577. The highest BCUT2D eigenvalue weighted by Gasteiger charge is 2.20. The number of hydrogen-bond donors (Lipinski definition) is 2. The second kappa shape index (κ2) is 5.35. The third-order valence-corrected chi connectivity index (χ3v) is 4.43. The highest BCUT2D eigenvalue weighted by Crippen LogP contribution is 2.26. The van der Waals surface area contributed by atoms with Crippen molar-refractivity contribution >= 4 is 27.3 Å². The van der Waals surface area contributed by atoms with E-state index in [0.717, 1.165) is 12.1 Å². The summed E-state index contributed by atoms with van der Waals surface area (Å²) in [6, 6.07) is 1.82. The first-order valence-electron chi connectivity index (χ1n) is 5.38. The minimum atomic E-state index is -3.93. The molecular formula is C10H11ClFN5O2S. The van der Waals surface area contributed by atoms with E-state index < -0.39 is 15.8 Å². The molecule has 0 unspecified atom stereocenters. The van der Waals surface area contributed by atoms with Gasteiger partial charge in [-0.25, -0.2) is 17.5 Å². The number of nitrogens with two attached hydrogens (primary N) is 1. The Morgan fingerprint density at radius 3 is 2.80 bits per heavy atom. The standard InChI is InChI=1S/C10H11ClFN5O2S/c1-17-5-14-16-10(17)4-15-20(18,19)9-3-8(13)7(12)2-6(9)11/h2-3,5,15H,4,13H2,1H3. The molecule has 0 aliphatic rings. The van der Waals surface area contributed by atoms with Crippen molar-refractivity contribution in [3.8, 4) is 0 Å². The molecule has 0 aliphatic carbocycles. The highest BCUT2D eigenvalue weighted by atomic mass is 35.5. The maximum atomic E-state index is 13.2. The Morgan fingerprint density at radius 2 is 2.20 bits per heavy atom. The van der Waals surface area contributed by atoms with Gasteiger partial charge in [0.1, 0.15) is 22.9 Å². The maximum absolute atomic E-state index is 13.2. The molecule has 0 amide bonds. The van der Waals surface area contributed by atoms with Gasteiger partial charge in [0.2, 0.25) is 10.0 Å². The van der Waals surface area contributed by atoms with Crippen LogP contribution in [0.25, 0.3) is 0 Å². The zero-order valence-electron chi connectivity index (χ0n) is 10.3. The second-order valence-electron chi connectivity index (χ2n) is 3.99. The minimum Gasteiger partial charge on any atom is -0.396 e. The number of anilines is 1. The minimum absolute atomic E-state index is 0.0769. The summed E-state index contributed by atoms with van der Waals surface area (Å²) >= 11 is 5.73. The van der Waals surface area contributed by atoms with Gasteiger partial charge in [0.25, 0.3) is 0 Å². The molecule has 20 heavy (non-hydrogen) atoms. The first kappa shape index (κ1) is 14.7. The summed E-state index contributed by atoms with van der Waals surface area (Å²) in [4.78, 5) is -0.291. The monoisotopic (exact) mass is 319 g/mol. The Balaban J connectivity index is 2.27. The zero-order valence-corrected chi connectivity index (χ0v) is 11.9. The summed E-state index contributed by atoms with van der Waals surface area (Å²) in [6.45, 7) is -0.0769. The van der Waals surface area contributed by atoms with Crippen LogP contribution in [0.5, 0.6) is 0 Å². The van der Waals surface area contributed by atoms with Gasteiger partial charge in [0, 0.05) is 7.05 Å². The average Bonchev–Trinajstić information content (AvgIpc) is 2.77. The third kappa shape index (κ3) is 2.89. The largest absolute Gasteiger partial charge is 0.396 e. The van der Waals surface area contributed by atoms with Crippen molar-refractivity contribution < 1.29 is 12.8 Å². The number of nitrogens with zero attached hydrogens (tertiary/aromatic N) is 3. The van der Waals surface area contributed by atoms with Gasteiger partial charge in [0.15, 0.2) is 0 Å². The molecule has 108 valence electrons. The molecular weight excluding hydrogens is 309 g/mol. The molecule has 10 heteroatoms. The zero-order chi connectivity index (χ0) is 14.9. The number of benzene rings is 1. The third-order valence-electron chi connectivity index (χ3n) is 2.57. The van der Waals surface area contributed by atoms with Gasteiger partial charge in [0.05, 0.1) is 17.3 Å². The van der Waals surface area contributed by atoms with Gasteiger partial charge in [-0.1, -0.05) is 11.6 Å². The molecule has 3 N–H and O–H groups in total. The van der Waals surface area contributed by atoms with Crippen molar-refractivity contribution in [2.75, 3.05) is 5.73 Å². The van der Waals surface area contributed by atoms with Gasteiger partial charge >= 0.3 is 0 Å². The molecule has 0 bridgehead atoms. The van der Waals surface area contributed by atoms with Crippen LogP contribution >= 0.6 is 11.6 Å². The molecule has 0 aliphatic heterocycles. The van der Waals surface area contributed by atoms with Crippen molar-refractivity contribution in [3.05, 3.63) is 35.1 Å². The molecule has 7 nitrogen and oxygen atoms in total. The maximum Gasteiger partial charge on any atom is 0.242 e. The molecule has 0 spiro atoms. The first-order chi connectivity index (χ1) is 9.31. The van der Waals surface area contributed by atoms with Crippen LogP contribution < -0.4 is 10.5 Å². The lowest BCUT2D eigenvalue weighted by Gasteiger charge is -2.09. The topological polar surface area (TPSA) is 103 Å². The Hall–Kier alpha value is -1.71. The Morgan fingerprint density at radius 1 is 1.50 bits per heavy atom. The van der Waals surface area contributed by atoms with E-state index in [-0.39, 0.29) is 22.2 Å². The van der Waals surface area contributed by atoms with E-state index in [1.807, 2.05) is 0 Å². The first-order valence-corrected chi connectivity index (χ1v) is 7.24. The van der Waals surface area contributed by atoms with E-state index >= 15 is 0 Å². The molecule has 2 rings (SSSR count). The van der Waals surface area contributed by atoms with Crippen LogP contribution in [0.15, 0.2) is 23.4 Å². The number of sulfonamides is 1. The van der Waals surface area contributed by atoms with E-state index in [2.05, 4.69) is 14.9 Å². The van der Waals surface area contributed by atoms with Gasteiger partial charge in [-0.3, -0.25) is 0 Å². The Bertz CT molecular complexity index is 746. The number of nitrogens with one attached hydrogen (secondary N) is 1. The van der Waals surface area contributed by atoms with Crippen molar-refractivity contribution in [2.24, 2.45) is 7.05 Å². The van der Waals surface area contributed by atoms with Gasteiger partial charge in [-0.15, -0.1) is 10.2 Å². The van der Waals surface area contributed by atoms with E-state index in [1.54, 1.807) is 11.6 Å². The highest BCUT2D eigenvalue weighted by molar-refractivity contribution is 7.89. The molecule has 0 saturated carbocycles. The van der Waals surface area contributed by atoms with E-state index in [1.165, 1.54) is 6.33 Å². The van der Waals surface area contributed by atoms with E-state index in [0.29, 0.717) is 5.82 Å². The van der Waals surface area contributed by atoms with Gasteiger partial charge in [-0.05, 0) is 12.1 Å². The Labute approximate surface area is 119 Å². The van der Waals surface area contributed by atoms with Crippen LogP contribution in [0.4, 0.5) is 10.1 Å². The van der Waals surface area contributed by atoms with Crippen LogP contribution in [0.2, 0.25) is 5.02 Å². The predicted molar refractivity (Wildman–Crippen MR) is 70.9 cm³/mol. The van der Waals surface area contributed by atoms with Crippen molar-refractivity contribution in [1.29, 1.82) is 0 Å². The molecule has 1 heterocycles. The summed E-state index contributed by atoms with van der Waals surface area (Å²) in [6.07, 6.45) is 1.44. The number of halogens is 2. The van der Waals surface area contributed by atoms with Crippen LogP contribution in [-0.2, 0) is 23.6 Å². The molecule has 0 fully saturated rings. The van der Waals surface area contributed by atoms with Crippen molar-refractivity contribution in [3.63, 3.8) is 0 Å². The summed E-state index contributed by atoms with van der Waals surface area (Å²) in [5.41, 5.74) is 5.05. The van der Waals surface area contributed by atoms with Gasteiger partial charge < -0.3 is 10.3 Å². The molecule has 0 atom stereocenters. The van der Waals surface area contributed by atoms with Crippen LogP contribution in [0.3, 0.4) is 0 Å². The molecule has 1 aromatic heterocycles. The average molecular weight is 320 g/mol. The van der Waals surface area contributed by atoms with Crippen molar-refractivity contribution in [2.45, 2.75) is 11.4 Å². The van der Waals surface area contributed by atoms with Crippen LogP contribution in [-0.4, -0.2) is 23.2 Å². The van der Waals surface area contributed by atoms with Crippen LogP contribution in [0, 0.1) is 5.82 Å². The number of aromatic nitrogens is 3. The van der Waals surface area contributed by atoms with Crippen LogP contribution in [0.1, 0.15) is 5.82 Å². The molecule has 0 radical (unpaired) electrons. The second-order valence-corrected chi connectivity index (χ2v) is 6.13. The molecule has 1 aromatic carbocycles. The van der Waals surface area contributed by atoms with Crippen molar-refractivity contribution in [1.82, 2.24) is 19.5 Å². The summed E-state index contributed by atoms with van der Waals surface area (Å²) in [5.74, 6) is -0.359. The number of aryl methyl sites for hydroxylation is 1. The fraction of sp³-hybridized carbons (Fsp3) is 0.200. The summed E-state index contributed by atoms with van der Waals surface area (Å²) in [5, 5.41) is 7.11. The normalized spacial score (nSPS) is 11.8. The molecule has 0 saturated heterocycles. The van der Waals surface area contributed by atoms with E-state index in [4.69, 9.17) is 17.3 Å². The number of nitrogen functional groups attached to an aromatic ring is 1. The molecule has 2 aromatic rings. The summed E-state index contributed by atoms with van der Waals surface area (Å²) in [7, 11) is -2.26. The quantitative estimate of drug-likeness (QED) is 0.806. The fourth-order valence-corrected chi connectivity index (χ4v) is 2.98. The SMILES string of the molecule is Cn1cnnc1CNS(=O)(=O)c1cc(N)c(F)cc1Cl. The van der Waals surface area contributed by atoms with Gasteiger partial charge in [-0.2, -0.15) is 0 Å². The Kier molecular flexibility index (Phi) is 3.93. The van der Waals surface area contributed by atoms with E-state index in [9.17, 15) is 12.8 Å². The number of hydrogen-bond acceptors (Lipinski definition) is 5. The number of rotatable bonds is 4. The fourth-order valence-electron chi connectivity index (χ4n) is 1.46. The lowest BCUT2D eigenvalue weighted by atomic mass is 10.3. The predicted octanol–water partition coefficient (Wildman–Crippen LogP) is 0.668. The lowest BCUT2D eigenvalue weighted by Crippen LogP contribution is -2.25. The summed E-state index contributed by atoms with van der Waals surface area (Å²) < 4.78 is 41.2.